The quantitative estimate of drug-likeness (QED) is 0.877. The summed E-state index contributed by atoms with van der Waals surface area (Å²) in [5, 5.41) is 5.95. The highest BCUT2D eigenvalue weighted by Crippen LogP contribution is 2.45. The third kappa shape index (κ3) is 2.39. The number of halogens is 1. The van der Waals surface area contributed by atoms with Crippen LogP contribution >= 0.6 is 0 Å². The molecule has 2 aliphatic rings. The van der Waals surface area contributed by atoms with E-state index in [1.54, 1.807) is 0 Å². The highest BCUT2D eigenvalue weighted by Gasteiger charge is 2.47. The van der Waals surface area contributed by atoms with E-state index >= 15 is 0 Å². The molecular formula is C16H22FN3O. The van der Waals surface area contributed by atoms with Crippen molar-refractivity contribution in [1.82, 2.24) is 15.5 Å². The number of nitrogens with zero attached hydrogens (tertiary/aromatic N) is 1. The van der Waals surface area contributed by atoms with Gasteiger partial charge in [-0.05, 0) is 57.5 Å². The van der Waals surface area contributed by atoms with E-state index in [0.717, 1.165) is 31.2 Å². The Bertz CT molecular complexity index is 533. The smallest absolute Gasteiger partial charge is 0.315 e. The molecule has 1 aliphatic carbocycles. The molecular weight excluding hydrogens is 269 g/mol. The molecule has 1 heterocycles. The fourth-order valence-corrected chi connectivity index (χ4v) is 3.78. The molecule has 21 heavy (non-hydrogen) atoms. The minimum absolute atomic E-state index is 0.0610. The van der Waals surface area contributed by atoms with Gasteiger partial charge in [0, 0.05) is 12.1 Å². The Balaban J connectivity index is 1.84. The molecule has 3 rings (SSSR count). The van der Waals surface area contributed by atoms with Crippen molar-refractivity contribution in [2.75, 3.05) is 20.6 Å². The summed E-state index contributed by atoms with van der Waals surface area (Å²) in [6, 6.07) is 6.78. The highest BCUT2D eigenvalue weighted by molar-refractivity contribution is 5.77. The Morgan fingerprint density at radius 1 is 1.10 bits per heavy atom. The van der Waals surface area contributed by atoms with Crippen LogP contribution in [-0.4, -0.2) is 37.1 Å². The predicted molar refractivity (Wildman–Crippen MR) is 79.5 cm³/mol. The average molecular weight is 291 g/mol. The van der Waals surface area contributed by atoms with Crippen molar-refractivity contribution < 1.29 is 9.18 Å². The molecule has 2 amide bonds. The van der Waals surface area contributed by atoms with E-state index in [0.29, 0.717) is 6.54 Å². The molecule has 0 bridgehead atoms. The van der Waals surface area contributed by atoms with Crippen molar-refractivity contribution in [3.63, 3.8) is 0 Å². The first kappa shape index (κ1) is 14.3. The van der Waals surface area contributed by atoms with Gasteiger partial charge in [0.15, 0.2) is 0 Å². The van der Waals surface area contributed by atoms with Gasteiger partial charge in [-0.2, -0.15) is 0 Å². The van der Waals surface area contributed by atoms with Crippen LogP contribution in [0.3, 0.4) is 0 Å². The number of rotatable bonds is 2. The Hall–Kier alpha value is -1.62. The molecule has 5 heteroatoms. The highest BCUT2D eigenvalue weighted by atomic mass is 19.1. The zero-order valence-corrected chi connectivity index (χ0v) is 12.6. The molecule has 0 aromatic heterocycles. The van der Waals surface area contributed by atoms with Crippen LogP contribution in [0.2, 0.25) is 0 Å². The van der Waals surface area contributed by atoms with E-state index in [1.807, 2.05) is 12.1 Å². The van der Waals surface area contributed by atoms with Gasteiger partial charge in [0.05, 0.1) is 5.54 Å². The summed E-state index contributed by atoms with van der Waals surface area (Å²) in [6.07, 6.45) is 3.77. The van der Waals surface area contributed by atoms with Crippen LogP contribution in [0.25, 0.3) is 0 Å². The molecule has 0 unspecified atom stereocenters. The van der Waals surface area contributed by atoms with Crippen molar-refractivity contribution in [2.24, 2.45) is 0 Å². The van der Waals surface area contributed by atoms with Crippen molar-refractivity contribution in [3.05, 3.63) is 35.6 Å². The van der Waals surface area contributed by atoms with Gasteiger partial charge in [0.25, 0.3) is 0 Å². The molecule has 1 aromatic carbocycles. The predicted octanol–water partition coefficient (Wildman–Crippen LogP) is 2.21. The lowest BCUT2D eigenvalue weighted by Gasteiger charge is -2.48. The van der Waals surface area contributed by atoms with Gasteiger partial charge in [0.2, 0.25) is 0 Å². The lowest BCUT2D eigenvalue weighted by atomic mass is 9.69. The minimum atomic E-state index is -0.202. The van der Waals surface area contributed by atoms with E-state index < -0.39 is 0 Å². The van der Waals surface area contributed by atoms with Crippen LogP contribution in [-0.2, 0) is 5.54 Å². The van der Waals surface area contributed by atoms with Gasteiger partial charge in [-0.25, -0.2) is 9.18 Å². The lowest BCUT2D eigenvalue weighted by molar-refractivity contribution is 0.0652. The molecule has 0 atom stereocenters. The van der Waals surface area contributed by atoms with Crippen LogP contribution in [0.5, 0.6) is 0 Å². The SMILES string of the molecule is CN(C)[C@]1(c2ccc(F)cc2)CC[C@@]2(CC1)CNC(=O)N2. The van der Waals surface area contributed by atoms with Gasteiger partial charge < -0.3 is 10.6 Å². The second-order valence-electron chi connectivity index (χ2n) is 6.52. The van der Waals surface area contributed by atoms with Crippen molar-refractivity contribution in [3.8, 4) is 0 Å². The minimum Gasteiger partial charge on any atom is -0.336 e. The number of carbonyl (C=O) groups excluding carboxylic acids is 1. The third-order valence-electron chi connectivity index (χ3n) is 5.24. The Labute approximate surface area is 124 Å². The summed E-state index contributed by atoms with van der Waals surface area (Å²) in [7, 11) is 4.15. The van der Waals surface area contributed by atoms with Gasteiger partial charge >= 0.3 is 6.03 Å². The van der Waals surface area contributed by atoms with E-state index in [-0.39, 0.29) is 22.9 Å². The molecule has 114 valence electrons. The van der Waals surface area contributed by atoms with Gasteiger partial charge in [0.1, 0.15) is 5.82 Å². The number of urea groups is 1. The van der Waals surface area contributed by atoms with E-state index in [1.165, 1.54) is 12.1 Å². The Kier molecular flexibility index (Phi) is 3.40. The maximum Gasteiger partial charge on any atom is 0.315 e. The van der Waals surface area contributed by atoms with Gasteiger partial charge in [-0.3, -0.25) is 4.90 Å². The summed E-state index contributed by atoms with van der Waals surface area (Å²) in [5.74, 6) is -0.202. The number of benzene rings is 1. The number of carbonyl (C=O) groups is 1. The fourth-order valence-electron chi connectivity index (χ4n) is 3.78. The standard InChI is InChI=1S/C16H22FN3O/c1-20(2)16(12-3-5-13(17)6-4-12)9-7-15(8-10-16)11-18-14(21)19-15/h3-6H,7-11H2,1-2H3,(H2,18,19,21)/t15-,16-. The second kappa shape index (κ2) is 4.98. The van der Waals surface area contributed by atoms with E-state index in [9.17, 15) is 9.18 Å². The molecule has 1 aliphatic heterocycles. The van der Waals surface area contributed by atoms with Crippen molar-refractivity contribution >= 4 is 6.03 Å². The largest absolute Gasteiger partial charge is 0.336 e. The van der Waals surface area contributed by atoms with Crippen LogP contribution in [0.15, 0.2) is 24.3 Å². The first-order chi connectivity index (χ1) is 9.96. The first-order valence-electron chi connectivity index (χ1n) is 7.45. The van der Waals surface area contributed by atoms with Crippen LogP contribution < -0.4 is 10.6 Å². The van der Waals surface area contributed by atoms with Crippen molar-refractivity contribution in [1.29, 1.82) is 0 Å². The summed E-state index contributed by atoms with van der Waals surface area (Å²) in [6.45, 7) is 0.707. The van der Waals surface area contributed by atoms with Gasteiger partial charge in [-0.1, -0.05) is 12.1 Å². The molecule has 1 saturated carbocycles. The summed E-state index contributed by atoms with van der Waals surface area (Å²) in [4.78, 5) is 13.7. The molecule has 4 nitrogen and oxygen atoms in total. The monoisotopic (exact) mass is 291 g/mol. The molecule has 2 N–H and O–H groups in total. The molecule has 0 radical (unpaired) electrons. The summed E-state index contributed by atoms with van der Waals surface area (Å²) >= 11 is 0. The van der Waals surface area contributed by atoms with Crippen LogP contribution in [0.4, 0.5) is 9.18 Å². The third-order valence-corrected chi connectivity index (χ3v) is 5.24. The van der Waals surface area contributed by atoms with Crippen molar-refractivity contribution in [2.45, 2.75) is 36.8 Å². The molecule has 1 spiro atoms. The Morgan fingerprint density at radius 3 is 2.19 bits per heavy atom. The zero-order chi connectivity index (χ0) is 15.1. The fraction of sp³-hybridized carbons (Fsp3) is 0.562. The topological polar surface area (TPSA) is 44.4 Å². The maximum atomic E-state index is 13.2. The average Bonchev–Trinajstić information content (AvgIpc) is 2.82. The van der Waals surface area contributed by atoms with Gasteiger partial charge in [-0.15, -0.1) is 0 Å². The lowest BCUT2D eigenvalue weighted by Crippen LogP contribution is -2.53. The van der Waals surface area contributed by atoms with E-state index in [4.69, 9.17) is 0 Å². The van der Waals surface area contributed by atoms with Crippen LogP contribution in [0, 0.1) is 5.82 Å². The molecule has 1 aromatic rings. The maximum absolute atomic E-state index is 13.2. The number of hydrogen-bond donors (Lipinski definition) is 2. The summed E-state index contributed by atoms with van der Waals surface area (Å²) in [5.41, 5.74) is 0.976. The first-order valence-corrected chi connectivity index (χ1v) is 7.45. The zero-order valence-electron chi connectivity index (χ0n) is 12.6. The second-order valence-corrected chi connectivity index (χ2v) is 6.52. The summed E-state index contributed by atoms with van der Waals surface area (Å²) < 4.78 is 13.2. The number of amides is 2. The molecule has 1 saturated heterocycles. The number of hydrogen-bond acceptors (Lipinski definition) is 2. The molecule has 2 fully saturated rings. The Morgan fingerprint density at radius 2 is 1.71 bits per heavy atom. The van der Waals surface area contributed by atoms with Crippen LogP contribution in [0.1, 0.15) is 31.2 Å². The normalized spacial score (nSPS) is 32.3. The van der Waals surface area contributed by atoms with E-state index in [2.05, 4.69) is 29.6 Å². The number of nitrogens with one attached hydrogen (secondary N) is 2.